The molecule has 0 spiro atoms. The Labute approximate surface area is 149 Å². The predicted molar refractivity (Wildman–Crippen MR) is 97.9 cm³/mol. The summed E-state index contributed by atoms with van der Waals surface area (Å²) in [5.41, 5.74) is 1.63. The van der Waals surface area contributed by atoms with Crippen molar-refractivity contribution in [2.45, 2.75) is 19.4 Å². The number of anilines is 2. The standard InChI is InChI=1S/C18H19BrN2O3/c1-12(11-17(22)21-14-7-5-13(19)6-8-14)20-15-3-2-4-16-18(15)24-10-9-23-16/h2-8,12,20H,9-11H2,1H3,(H,21,22). The molecule has 6 heteroatoms. The van der Waals surface area contributed by atoms with Gasteiger partial charge in [0.2, 0.25) is 5.91 Å². The van der Waals surface area contributed by atoms with Crippen LogP contribution in [0.25, 0.3) is 0 Å². The SMILES string of the molecule is CC(CC(=O)Nc1ccc(Br)cc1)Nc1cccc2c1OCCO2. The number of para-hydroxylation sites is 1. The molecule has 5 nitrogen and oxygen atoms in total. The number of carbonyl (C=O) groups excluding carboxylic acids is 1. The van der Waals surface area contributed by atoms with E-state index in [1.165, 1.54) is 0 Å². The number of amides is 1. The Morgan fingerprint density at radius 3 is 2.71 bits per heavy atom. The van der Waals surface area contributed by atoms with E-state index in [0.717, 1.165) is 21.6 Å². The summed E-state index contributed by atoms with van der Waals surface area (Å²) in [5, 5.41) is 6.21. The fourth-order valence-electron chi connectivity index (χ4n) is 2.53. The molecule has 1 unspecified atom stereocenters. The molecule has 1 aliphatic rings. The molecule has 1 heterocycles. The second-order valence-electron chi connectivity index (χ2n) is 5.63. The fourth-order valence-corrected chi connectivity index (χ4v) is 2.79. The van der Waals surface area contributed by atoms with E-state index >= 15 is 0 Å². The van der Waals surface area contributed by atoms with Gasteiger partial charge in [-0.05, 0) is 43.3 Å². The van der Waals surface area contributed by atoms with Crippen molar-refractivity contribution in [2.24, 2.45) is 0 Å². The van der Waals surface area contributed by atoms with Crippen molar-refractivity contribution >= 4 is 33.2 Å². The van der Waals surface area contributed by atoms with Gasteiger partial charge < -0.3 is 20.1 Å². The number of carbonyl (C=O) groups is 1. The van der Waals surface area contributed by atoms with Crippen molar-refractivity contribution in [3.05, 3.63) is 46.9 Å². The molecular weight excluding hydrogens is 372 g/mol. The first-order valence-electron chi connectivity index (χ1n) is 7.82. The number of fused-ring (bicyclic) bond motifs is 1. The Hall–Kier alpha value is -2.21. The zero-order valence-corrected chi connectivity index (χ0v) is 14.9. The van der Waals surface area contributed by atoms with E-state index in [4.69, 9.17) is 9.47 Å². The highest BCUT2D eigenvalue weighted by molar-refractivity contribution is 9.10. The van der Waals surface area contributed by atoms with Gasteiger partial charge in [0.05, 0.1) is 5.69 Å². The smallest absolute Gasteiger partial charge is 0.226 e. The molecular formula is C18H19BrN2O3. The molecule has 0 saturated heterocycles. The number of hydrogen-bond donors (Lipinski definition) is 2. The van der Waals surface area contributed by atoms with E-state index in [1.807, 2.05) is 49.4 Å². The average Bonchev–Trinajstić information content (AvgIpc) is 2.57. The lowest BCUT2D eigenvalue weighted by molar-refractivity contribution is -0.116. The zero-order valence-electron chi connectivity index (χ0n) is 13.3. The fraction of sp³-hybridized carbons (Fsp3) is 0.278. The lowest BCUT2D eigenvalue weighted by Crippen LogP contribution is -2.25. The van der Waals surface area contributed by atoms with Gasteiger partial charge in [-0.1, -0.05) is 22.0 Å². The second-order valence-corrected chi connectivity index (χ2v) is 6.55. The Bertz CT molecular complexity index is 719. The lowest BCUT2D eigenvalue weighted by atomic mass is 10.2. The van der Waals surface area contributed by atoms with Gasteiger partial charge in [-0.25, -0.2) is 0 Å². The largest absolute Gasteiger partial charge is 0.486 e. The summed E-state index contributed by atoms with van der Waals surface area (Å²) in [5.74, 6) is 1.40. The summed E-state index contributed by atoms with van der Waals surface area (Å²) in [7, 11) is 0. The van der Waals surface area contributed by atoms with Crippen molar-refractivity contribution in [1.29, 1.82) is 0 Å². The number of benzene rings is 2. The van der Waals surface area contributed by atoms with Crippen LogP contribution in [0.1, 0.15) is 13.3 Å². The van der Waals surface area contributed by atoms with E-state index in [2.05, 4.69) is 26.6 Å². The maximum absolute atomic E-state index is 12.2. The number of hydrogen-bond acceptors (Lipinski definition) is 4. The molecule has 1 aliphatic heterocycles. The number of halogens is 1. The van der Waals surface area contributed by atoms with Crippen LogP contribution in [-0.4, -0.2) is 25.2 Å². The van der Waals surface area contributed by atoms with E-state index < -0.39 is 0 Å². The molecule has 0 saturated carbocycles. The van der Waals surface area contributed by atoms with Gasteiger partial charge in [0, 0.05) is 22.6 Å². The zero-order chi connectivity index (χ0) is 16.9. The highest BCUT2D eigenvalue weighted by atomic mass is 79.9. The lowest BCUT2D eigenvalue weighted by Gasteiger charge is -2.23. The molecule has 0 aromatic heterocycles. The summed E-state index contributed by atoms with van der Waals surface area (Å²) in [4.78, 5) is 12.2. The molecule has 1 atom stereocenters. The first-order chi connectivity index (χ1) is 11.6. The molecule has 1 amide bonds. The van der Waals surface area contributed by atoms with Crippen LogP contribution in [0.4, 0.5) is 11.4 Å². The van der Waals surface area contributed by atoms with E-state index in [9.17, 15) is 4.79 Å². The average molecular weight is 391 g/mol. The van der Waals surface area contributed by atoms with Crippen LogP contribution in [-0.2, 0) is 4.79 Å². The van der Waals surface area contributed by atoms with Crippen LogP contribution < -0.4 is 20.1 Å². The summed E-state index contributed by atoms with van der Waals surface area (Å²) in [6.45, 7) is 3.05. The molecule has 0 aliphatic carbocycles. The molecule has 126 valence electrons. The van der Waals surface area contributed by atoms with E-state index in [-0.39, 0.29) is 11.9 Å². The summed E-state index contributed by atoms with van der Waals surface area (Å²) >= 11 is 3.37. The molecule has 0 fully saturated rings. The van der Waals surface area contributed by atoms with Gasteiger partial charge in [-0.3, -0.25) is 4.79 Å². The molecule has 24 heavy (non-hydrogen) atoms. The van der Waals surface area contributed by atoms with Crippen molar-refractivity contribution < 1.29 is 14.3 Å². The van der Waals surface area contributed by atoms with Gasteiger partial charge in [0.1, 0.15) is 13.2 Å². The predicted octanol–water partition coefficient (Wildman–Crippen LogP) is 4.05. The van der Waals surface area contributed by atoms with Crippen molar-refractivity contribution in [1.82, 2.24) is 0 Å². The van der Waals surface area contributed by atoms with E-state index in [0.29, 0.717) is 25.4 Å². The van der Waals surface area contributed by atoms with Crippen LogP contribution in [0.15, 0.2) is 46.9 Å². The third kappa shape index (κ3) is 4.20. The maximum atomic E-state index is 12.2. The van der Waals surface area contributed by atoms with Gasteiger partial charge in [0.15, 0.2) is 11.5 Å². The Morgan fingerprint density at radius 1 is 1.17 bits per heavy atom. The second kappa shape index (κ2) is 7.57. The third-order valence-electron chi connectivity index (χ3n) is 3.59. The van der Waals surface area contributed by atoms with Crippen LogP contribution in [0.2, 0.25) is 0 Å². The molecule has 0 radical (unpaired) electrons. The minimum atomic E-state index is -0.0440. The number of rotatable bonds is 5. The minimum absolute atomic E-state index is 0.0423. The molecule has 0 bridgehead atoms. The number of nitrogens with one attached hydrogen (secondary N) is 2. The summed E-state index contributed by atoms with van der Waals surface area (Å²) < 4.78 is 12.2. The number of ether oxygens (including phenoxy) is 2. The first-order valence-corrected chi connectivity index (χ1v) is 8.61. The van der Waals surface area contributed by atoms with Crippen molar-refractivity contribution in [3.8, 4) is 11.5 Å². The molecule has 2 aromatic rings. The van der Waals surface area contributed by atoms with E-state index in [1.54, 1.807) is 0 Å². The maximum Gasteiger partial charge on any atom is 0.226 e. The van der Waals surface area contributed by atoms with Crippen LogP contribution >= 0.6 is 15.9 Å². The topological polar surface area (TPSA) is 59.6 Å². The van der Waals surface area contributed by atoms with Crippen LogP contribution in [0.5, 0.6) is 11.5 Å². The van der Waals surface area contributed by atoms with Crippen molar-refractivity contribution in [3.63, 3.8) is 0 Å². The van der Waals surface area contributed by atoms with Gasteiger partial charge >= 0.3 is 0 Å². The first kappa shape index (κ1) is 16.6. The molecule has 2 aromatic carbocycles. The highest BCUT2D eigenvalue weighted by Crippen LogP contribution is 2.37. The van der Waals surface area contributed by atoms with Gasteiger partial charge in [0.25, 0.3) is 0 Å². The third-order valence-corrected chi connectivity index (χ3v) is 4.12. The normalized spacial score (nSPS) is 13.9. The van der Waals surface area contributed by atoms with Crippen LogP contribution in [0, 0.1) is 0 Å². The summed E-state index contributed by atoms with van der Waals surface area (Å²) in [6, 6.07) is 13.2. The van der Waals surface area contributed by atoms with Gasteiger partial charge in [-0.2, -0.15) is 0 Å². The summed E-state index contributed by atoms with van der Waals surface area (Å²) in [6.07, 6.45) is 0.348. The quantitative estimate of drug-likeness (QED) is 0.808. The Morgan fingerprint density at radius 2 is 1.92 bits per heavy atom. The van der Waals surface area contributed by atoms with Crippen molar-refractivity contribution in [2.75, 3.05) is 23.8 Å². The highest BCUT2D eigenvalue weighted by Gasteiger charge is 2.17. The van der Waals surface area contributed by atoms with Crippen LogP contribution in [0.3, 0.4) is 0 Å². The molecule has 3 rings (SSSR count). The minimum Gasteiger partial charge on any atom is -0.486 e. The molecule has 2 N–H and O–H groups in total. The Balaban J connectivity index is 1.58. The Kier molecular flexibility index (Phi) is 5.25. The monoisotopic (exact) mass is 390 g/mol. The van der Waals surface area contributed by atoms with Gasteiger partial charge in [-0.15, -0.1) is 0 Å².